The van der Waals surface area contributed by atoms with Crippen molar-refractivity contribution in [2.75, 3.05) is 18.4 Å². The zero-order chi connectivity index (χ0) is 22.8. The first-order valence-corrected chi connectivity index (χ1v) is 10.7. The number of imidazole rings is 1. The van der Waals surface area contributed by atoms with Gasteiger partial charge in [0.1, 0.15) is 17.7 Å². The standard InChI is InChI=1S/C15H12ClN7O.C4H11N.C2H6/c1-7(21-14-11-13(18-5-17-11)19-6-20-14)12-22-9-4-2-3-8(16)10(9)15(24)23-12;1-3-5-4-2;1-2/h2-7H,1H3,(H,22,23,24)(H2,17,18,19,20,21);5H,3-4H2,1-2H3;1-2H3. The monoisotopic (exact) mass is 444 g/mol. The lowest BCUT2D eigenvalue weighted by atomic mass is 10.2. The normalized spacial score (nSPS) is 11.3. The van der Waals surface area contributed by atoms with Crippen LogP contribution in [-0.4, -0.2) is 43.0 Å². The summed E-state index contributed by atoms with van der Waals surface area (Å²) in [6.07, 6.45) is 2.97. The van der Waals surface area contributed by atoms with Gasteiger partial charge in [-0.05, 0) is 32.1 Å². The molecule has 4 N–H and O–H groups in total. The summed E-state index contributed by atoms with van der Waals surface area (Å²) in [7, 11) is 0. The molecule has 0 aliphatic carbocycles. The molecule has 3 heterocycles. The second kappa shape index (κ2) is 12.0. The molecule has 166 valence electrons. The van der Waals surface area contributed by atoms with Crippen LogP contribution >= 0.6 is 11.6 Å². The van der Waals surface area contributed by atoms with Crippen LogP contribution in [0, 0.1) is 0 Å². The molecule has 31 heavy (non-hydrogen) atoms. The third-order valence-corrected chi connectivity index (χ3v) is 4.50. The summed E-state index contributed by atoms with van der Waals surface area (Å²) < 4.78 is 0. The van der Waals surface area contributed by atoms with Crippen LogP contribution in [0.2, 0.25) is 5.02 Å². The number of rotatable bonds is 5. The smallest absolute Gasteiger partial charge is 0.260 e. The molecule has 9 nitrogen and oxygen atoms in total. The number of benzene rings is 1. The third-order valence-electron chi connectivity index (χ3n) is 4.19. The summed E-state index contributed by atoms with van der Waals surface area (Å²) in [5, 5.41) is 7.08. The summed E-state index contributed by atoms with van der Waals surface area (Å²) >= 11 is 6.07. The van der Waals surface area contributed by atoms with E-state index in [2.05, 4.69) is 54.4 Å². The minimum Gasteiger partial charge on any atom is -0.359 e. The number of H-pyrrole nitrogens is 2. The van der Waals surface area contributed by atoms with Gasteiger partial charge in [0.2, 0.25) is 0 Å². The van der Waals surface area contributed by atoms with Crippen LogP contribution in [0.3, 0.4) is 0 Å². The van der Waals surface area contributed by atoms with Crippen LogP contribution in [0.5, 0.6) is 0 Å². The first-order valence-electron chi connectivity index (χ1n) is 10.3. The highest BCUT2D eigenvalue weighted by Crippen LogP contribution is 2.22. The largest absolute Gasteiger partial charge is 0.359 e. The highest BCUT2D eigenvalue weighted by molar-refractivity contribution is 6.35. The lowest BCUT2D eigenvalue weighted by molar-refractivity contribution is 0.762. The summed E-state index contributed by atoms with van der Waals surface area (Å²) in [6.45, 7) is 12.3. The number of aromatic nitrogens is 6. The number of anilines is 1. The number of halogens is 1. The molecule has 0 radical (unpaired) electrons. The average Bonchev–Trinajstić information content (AvgIpc) is 3.26. The van der Waals surface area contributed by atoms with E-state index in [9.17, 15) is 4.79 Å². The number of nitrogens with zero attached hydrogens (tertiary/aromatic N) is 4. The van der Waals surface area contributed by atoms with E-state index >= 15 is 0 Å². The fraction of sp³-hybridized carbons (Fsp3) is 0.381. The van der Waals surface area contributed by atoms with Crippen molar-refractivity contribution in [1.29, 1.82) is 0 Å². The van der Waals surface area contributed by atoms with Crippen molar-refractivity contribution in [3.63, 3.8) is 0 Å². The summed E-state index contributed by atoms with van der Waals surface area (Å²) in [5.74, 6) is 1.07. The van der Waals surface area contributed by atoms with E-state index in [0.29, 0.717) is 38.7 Å². The van der Waals surface area contributed by atoms with Crippen LogP contribution in [0.4, 0.5) is 5.82 Å². The molecule has 10 heteroatoms. The van der Waals surface area contributed by atoms with E-state index in [4.69, 9.17) is 11.6 Å². The first kappa shape index (κ1) is 24.2. The van der Waals surface area contributed by atoms with Crippen LogP contribution < -0.4 is 16.2 Å². The molecule has 0 saturated carbocycles. The zero-order valence-electron chi connectivity index (χ0n) is 18.5. The minimum atomic E-state index is -0.289. The number of nitrogens with one attached hydrogen (secondary N) is 4. The van der Waals surface area contributed by atoms with Crippen LogP contribution in [0.1, 0.15) is 46.5 Å². The molecule has 1 aromatic carbocycles. The Morgan fingerprint density at radius 3 is 2.55 bits per heavy atom. The Balaban J connectivity index is 0.000000432. The molecular formula is C21H29ClN8O. The van der Waals surface area contributed by atoms with Crippen LogP contribution in [0.25, 0.3) is 22.1 Å². The molecule has 0 amide bonds. The molecule has 4 rings (SSSR count). The Morgan fingerprint density at radius 1 is 1.13 bits per heavy atom. The van der Waals surface area contributed by atoms with Gasteiger partial charge < -0.3 is 20.6 Å². The van der Waals surface area contributed by atoms with Crippen LogP contribution in [-0.2, 0) is 0 Å². The Hall–Kier alpha value is -3.04. The average molecular weight is 445 g/mol. The third kappa shape index (κ3) is 5.99. The van der Waals surface area contributed by atoms with E-state index < -0.39 is 0 Å². The molecule has 0 spiro atoms. The van der Waals surface area contributed by atoms with Gasteiger partial charge in [-0.25, -0.2) is 19.9 Å². The zero-order valence-corrected chi connectivity index (χ0v) is 19.2. The van der Waals surface area contributed by atoms with Gasteiger partial charge in [-0.15, -0.1) is 0 Å². The maximum atomic E-state index is 12.3. The van der Waals surface area contributed by atoms with Crippen LogP contribution in [0.15, 0.2) is 35.6 Å². The molecular weight excluding hydrogens is 416 g/mol. The highest BCUT2D eigenvalue weighted by Gasteiger charge is 2.15. The summed E-state index contributed by atoms with van der Waals surface area (Å²) in [5.41, 5.74) is 1.52. The van der Waals surface area contributed by atoms with E-state index in [1.54, 1.807) is 24.5 Å². The SMILES string of the molecule is CC.CC(Nc1ncnc2nc[nH]c12)c1nc2cccc(Cl)c2c(=O)[nH]1.CCNCC. The predicted octanol–water partition coefficient (Wildman–Crippen LogP) is 4.06. The predicted molar refractivity (Wildman–Crippen MR) is 127 cm³/mol. The first-order chi connectivity index (χ1) is 15.0. The van der Waals surface area contributed by atoms with Gasteiger partial charge in [-0.1, -0.05) is 45.4 Å². The topological polar surface area (TPSA) is 124 Å². The number of fused-ring (bicyclic) bond motifs is 2. The lowest BCUT2D eigenvalue weighted by Gasteiger charge is -2.14. The van der Waals surface area contributed by atoms with E-state index in [1.165, 1.54) is 6.33 Å². The molecule has 0 saturated heterocycles. The van der Waals surface area contributed by atoms with Gasteiger partial charge in [0, 0.05) is 0 Å². The van der Waals surface area contributed by atoms with Gasteiger partial charge >= 0.3 is 0 Å². The molecule has 0 bridgehead atoms. The van der Waals surface area contributed by atoms with Crippen molar-refractivity contribution < 1.29 is 0 Å². The number of hydrogen-bond donors (Lipinski definition) is 4. The second-order valence-electron chi connectivity index (χ2n) is 6.23. The molecule has 3 aromatic heterocycles. The van der Waals surface area contributed by atoms with Crippen molar-refractivity contribution in [1.82, 2.24) is 35.2 Å². The van der Waals surface area contributed by atoms with Crippen molar-refractivity contribution in [2.24, 2.45) is 0 Å². The quantitative estimate of drug-likeness (QED) is 0.366. The Bertz CT molecular complexity index is 1160. The lowest BCUT2D eigenvalue weighted by Crippen LogP contribution is -2.18. The summed E-state index contributed by atoms with van der Waals surface area (Å²) in [4.78, 5) is 34.9. The van der Waals surface area contributed by atoms with Gasteiger partial charge in [-0.2, -0.15) is 0 Å². The molecule has 0 aliphatic heterocycles. The van der Waals surface area contributed by atoms with Crippen molar-refractivity contribution in [2.45, 2.75) is 40.7 Å². The van der Waals surface area contributed by atoms with Gasteiger partial charge in [0.25, 0.3) is 5.56 Å². The minimum absolute atomic E-state index is 0.274. The highest BCUT2D eigenvalue weighted by atomic mass is 35.5. The molecule has 4 aromatic rings. The summed E-state index contributed by atoms with van der Waals surface area (Å²) in [6, 6.07) is 4.89. The maximum Gasteiger partial charge on any atom is 0.260 e. The molecule has 1 atom stereocenters. The van der Waals surface area contributed by atoms with Crippen molar-refractivity contribution in [3.05, 3.63) is 52.1 Å². The van der Waals surface area contributed by atoms with E-state index in [1.807, 2.05) is 20.8 Å². The maximum absolute atomic E-state index is 12.3. The van der Waals surface area contributed by atoms with Crippen molar-refractivity contribution >= 4 is 39.5 Å². The van der Waals surface area contributed by atoms with Gasteiger partial charge in [0.05, 0.1) is 28.3 Å². The fourth-order valence-electron chi connectivity index (χ4n) is 2.77. The van der Waals surface area contributed by atoms with Gasteiger partial charge in [-0.3, -0.25) is 4.79 Å². The number of aromatic amines is 2. The number of hydrogen-bond acceptors (Lipinski definition) is 7. The molecule has 1 unspecified atom stereocenters. The molecule has 0 aliphatic rings. The van der Waals surface area contributed by atoms with E-state index in [0.717, 1.165) is 13.1 Å². The Morgan fingerprint density at radius 2 is 1.87 bits per heavy atom. The van der Waals surface area contributed by atoms with Crippen molar-refractivity contribution in [3.8, 4) is 0 Å². The molecule has 0 fully saturated rings. The fourth-order valence-corrected chi connectivity index (χ4v) is 3.03. The Labute approximate surface area is 186 Å². The van der Waals surface area contributed by atoms with E-state index in [-0.39, 0.29) is 11.6 Å². The second-order valence-corrected chi connectivity index (χ2v) is 6.64. The Kier molecular flexibility index (Phi) is 9.36. The van der Waals surface area contributed by atoms with Gasteiger partial charge in [0.15, 0.2) is 11.5 Å².